The van der Waals surface area contributed by atoms with Crippen LogP contribution in [0.15, 0.2) is 36.4 Å². The quantitative estimate of drug-likeness (QED) is 0.743. The molecule has 1 radical (unpaired) electrons. The molecule has 0 atom stereocenters. The number of hydrogen-bond acceptors (Lipinski definition) is 1. The molecular formula is C11H8NO2. The number of carbonyl (C=O) groups is 1. The molecule has 0 saturated carbocycles. The van der Waals surface area contributed by atoms with Crippen molar-refractivity contribution in [3.63, 3.8) is 0 Å². The van der Waals surface area contributed by atoms with Gasteiger partial charge in [0, 0.05) is 5.39 Å². The number of benzene rings is 2. The first-order valence-corrected chi connectivity index (χ1v) is 4.17. The van der Waals surface area contributed by atoms with Crippen molar-refractivity contribution < 1.29 is 9.90 Å². The van der Waals surface area contributed by atoms with E-state index in [1.807, 2.05) is 12.1 Å². The Morgan fingerprint density at radius 2 is 1.86 bits per heavy atom. The second kappa shape index (κ2) is 3.03. The average molecular weight is 186 g/mol. The van der Waals surface area contributed by atoms with Crippen LogP contribution in [0.25, 0.3) is 10.8 Å². The van der Waals surface area contributed by atoms with Gasteiger partial charge in [-0.05, 0) is 11.5 Å². The minimum Gasteiger partial charge on any atom is -0.478 e. The maximum atomic E-state index is 10.7. The van der Waals surface area contributed by atoms with E-state index in [4.69, 9.17) is 10.8 Å². The summed E-state index contributed by atoms with van der Waals surface area (Å²) in [4.78, 5) is 10.7. The van der Waals surface area contributed by atoms with Crippen LogP contribution in [0, 0.1) is 0 Å². The average Bonchev–Trinajstić information content (AvgIpc) is 2.18. The first kappa shape index (κ1) is 8.56. The van der Waals surface area contributed by atoms with Gasteiger partial charge in [0.15, 0.2) is 0 Å². The van der Waals surface area contributed by atoms with Gasteiger partial charge in [0.05, 0.1) is 11.3 Å². The molecule has 3 heteroatoms. The molecule has 0 saturated heterocycles. The highest BCUT2D eigenvalue weighted by atomic mass is 16.4. The highest BCUT2D eigenvalue weighted by Crippen LogP contribution is 2.25. The summed E-state index contributed by atoms with van der Waals surface area (Å²) in [6, 6.07) is 10.5. The zero-order chi connectivity index (χ0) is 10.1. The SMILES string of the molecule is [NH]c1c(C(=O)O)ccc2ccccc12. The number of carboxylic acid groups (broad SMARTS) is 1. The molecule has 2 rings (SSSR count). The van der Waals surface area contributed by atoms with E-state index in [1.54, 1.807) is 18.2 Å². The fourth-order valence-electron chi connectivity index (χ4n) is 1.45. The summed E-state index contributed by atoms with van der Waals surface area (Å²) in [6.07, 6.45) is 0. The van der Waals surface area contributed by atoms with Gasteiger partial charge >= 0.3 is 5.97 Å². The Bertz CT molecular complexity index is 506. The van der Waals surface area contributed by atoms with Gasteiger partial charge in [-0.15, -0.1) is 0 Å². The number of rotatable bonds is 1. The first-order chi connectivity index (χ1) is 6.70. The molecule has 0 unspecified atom stereocenters. The maximum absolute atomic E-state index is 10.7. The van der Waals surface area contributed by atoms with Crippen LogP contribution in [-0.4, -0.2) is 11.1 Å². The third kappa shape index (κ3) is 1.19. The molecule has 2 N–H and O–H groups in total. The molecule has 0 amide bonds. The largest absolute Gasteiger partial charge is 0.478 e. The van der Waals surface area contributed by atoms with E-state index in [2.05, 4.69) is 0 Å². The molecule has 0 aromatic heterocycles. The van der Waals surface area contributed by atoms with Gasteiger partial charge in [0.2, 0.25) is 0 Å². The van der Waals surface area contributed by atoms with Crippen LogP contribution >= 0.6 is 0 Å². The van der Waals surface area contributed by atoms with Gasteiger partial charge in [0.25, 0.3) is 0 Å². The van der Waals surface area contributed by atoms with Gasteiger partial charge < -0.3 is 5.11 Å². The summed E-state index contributed by atoms with van der Waals surface area (Å²) < 4.78 is 0. The molecule has 2 aromatic carbocycles. The van der Waals surface area contributed by atoms with Crippen LogP contribution < -0.4 is 5.73 Å². The highest BCUT2D eigenvalue weighted by Gasteiger charge is 2.10. The van der Waals surface area contributed by atoms with Gasteiger partial charge in [-0.25, -0.2) is 4.79 Å². The van der Waals surface area contributed by atoms with E-state index in [9.17, 15) is 4.79 Å². The van der Waals surface area contributed by atoms with E-state index >= 15 is 0 Å². The summed E-state index contributed by atoms with van der Waals surface area (Å²) in [5.41, 5.74) is 7.81. The molecule has 0 aliphatic rings. The molecular weight excluding hydrogens is 178 g/mol. The summed E-state index contributed by atoms with van der Waals surface area (Å²) >= 11 is 0. The smallest absolute Gasteiger partial charge is 0.337 e. The van der Waals surface area contributed by atoms with Crippen molar-refractivity contribution >= 4 is 22.4 Å². The zero-order valence-corrected chi connectivity index (χ0v) is 7.32. The summed E-state index contributed by atoms with van der Waals surface area (Å²) in [6.45, 7) is 0. The van der Waals surface area contributed by atoms with Crippen molar-refractivity contribution in [2.24, 2.45) is 0 Å². The zero-order valence-electron chi connectivity index (χ0n) is 7.32. The summed E-state index contributed by atoms with van der Waals surface area (Å²) in [5, 5.41) is 10.4. The molecule has 0 fully saturated rings. The summed E-state index contributed by atoms with van der Waals surface area (Å²) in [5.74, 6) is -1.05. The molecule has 0 aliphatic heterocycles. The van der Waals surface area contributed by atoms with Crippen molar-refractivity contribution in [1.82, 2.24) is 5.73 Å². The Labute approximate surface area is 80.8 Å². The fourth-order valence-corrected chi connectivity index (χ4v) is 1.45. The number of hydrogen-bond donors (Lipinski definition) is 1. The van der Waals surface area contributed by atoms with E-state index < -0.39 is 5.97 Å². The van der Waals surface area contributed by atoms with E-state index in [1.165, 1.54) is 6.07 Å². The van der Waals surface area contributed by atoms with Crippen molar-refractivity contribution in [1.29, 1.82) is 0 Å². The van der Waals surface area contributed by atoms with Gasteiger partial charge in [-0.3, -0.25) is 5.73 Å². The Balaban J connectivity index is 2.81. The molecule has 0 spiro atoms. The molecule has 0 aliphatic carbocycles. The van der Waals surface area contributed by atoms with E-state index in [0.29, 0.717) is 5.39 Å². The summed E-state index contributed by atoms with van der Waals surface area (Å²) in [7, 11) is 0. The Morgan fingerprint density at radius 3 is 2.57 bits per heavy atom. The number of fused-ring (bicyclic) bond motifs is 1. The monoisotopic (exact) mass is 186 g/mol. The lowest BCUT2D eigenvalue weighted by atomic mass is 10.0. The number of nitrogens with one attached hydrogen (secondary N) is 1. The predicted molar refractivity (Wildman–Crippen MR) is 53.7 cm³/mol. The van der Waals surface area contributed by atoms with Crippen molar-refractivity contribution in [3.8, 4) is 0 Å². The second-order valence-electron chi connectivity index (χ2n) is 3.01. The van der Waals surface area contributed by atoms with Crippen molar-refractivity contribution in [2.45, 2.75) is 0 Å². The fraction of sp³-hybridized carbons (Fsp3) is 0. The lowest BCUT2D eigenvalue weighted by Crippen LogP contribution is -1.97. The lowest BCUT2D eigenvalue weighted by molar-refractivity contribution is 0.0698. The van der Waals surface area contributed by atoms with Crippen LogP contribution in [-0.2, 0) is 0 Å². The van der Waals surface area contributed by atoms with E-state index in [0.717, 1.165) is 5.39 Å². The third-order valence-electron chi connectivity index (χ3n) is 2.16. The minimum atomic E-state index is -1.05. The molecule has 3 nitrogen and oxygen atoms in total. The number of carboxylic acids is 1. The predicted octanol–water partition coefficient (Wildman–Crippen LogP) is 2.45. The van der Waals surface area contributed by atoms with Crippen LogP contribution in [0.4, 0.5) is 5.69 Å². The Kier molecular flexibility index (Phi) is 1.85. The first-order valence-electron chi connectivity index (χ1n) is 4.17. The standard InChI is InChI=1S/C11H8NO2/c12-10-8-4-2-1-3-7(8)5-6-9(10)11(13)14/h1-6,12H,(H,13,14). The van der Waals surface area contributed by atoms with E-state index in [-0.39, 0.29) is 11.3 Å². The van der Waals surface area contributed by atoms with Crippen LogP contribution in [0.1, 0.15) is 10.4 Å². The van der Waals surface area contributed by atoms with Crippen LogP contribution in [0.2, 0.25) is 0 Å². The number of aromatic carboxylic acids is 1. The van der Waals surface area contributed by atoms with Crippen molar-refractivity contribution in [2.75, 3.05) is 0 Å². The normalized spacial score (nSPS) is 10.3. The van der Waals surface area contributed by atoms with Crippen LogP contribution in [0.5, 0.6) is 0 Å². The van der Waals surface area contributed by atoms with Gasteiger partial charge in [-0.2, -0.15) is 0 Å². The minimum absolute atomic E-state index is 0.0451. The highest BCUT2D eigenvalue weighted by molar-refractivity contribution is 6.03. The van der Waals surface area contributed by atoms with Gasteiger partial charge in [-0.1, -0.05) is 30.3 Å². The molecule has 69 valence electrons. The van der Waals surface area contributed by atoms with Crippen molar-refractivity contribution in [3.05, 3.63) is 42.0 Å². The molecule has 0 heterocycles. The Hall–Kier alpha value is -2.03. The molecule has 2 aromatic rings. The Morgan fingerprint density at radius 1 is 1.14 bits per heavy atom. The third-order valence-corrected chi connectivity index (χ3v) is 2.16. The maximum Gasteiger partial charge on any atom is 0.337 e. The second-order valence-corrected chi connectivity index (χ2v) is 3.01. The van der Waals surface area contributed by atoms with Crippen LogP contribution in [0.3, 0.4) is 0 Å². The lowest BCUT2D eigenvalue weighted by Gasteiger charge is -2.03. The van der Waals surface area contributed by atoms with Gasteiger partial charge in [0.1, 0.15) is 0 Å². The topological polar surface area (TPSA) is 61.1 Å². The molecule has 0 bridgehead atoms. The molecule has 14 heavy (non-hydrogen) atoms.